The van der Waals surface area contributed by atoms with E-state index in [0.29, 0.717) is 24.6 Å². The number of rotatable bonds is 6. The third-order valence-electron chi connectivity index (χ3n) is 3.13. The highest BCUT2D eigenvalue weighted by Gasteiger charge is 2.12. The Labute approximate surface area is 113 Å². The molecule has 1 atom stereocenters. The molecule has 0 saturated heterocycles. The van der Waals surface area contributed by atoms with Crippen LogP contribution in [0.1, 0.15) is 30.1 Å². The Hall–Kier alpha value is -1.88. The first-order valence-corrected chi connectivity index (χ1v) is 6.25. The number of nitrogens with two attached hydrogens (primary N) is 1. The lowest BCUT2D eigenvalue weighted by molar-refractivity contribution is -0.118. The van der Waals surface area contributed by atoms with Gasteiger partial charge in [0.25, 0.3) is 0 Å². The summed E-state index contributed by atoms with van der Waals surface area (Å²) < 4.78 is 0. The van der Waals surface area contributed by atoms with Gasteiger partial charge in [-0.25, -0.2) is 4.79 Å². The molecule has 1 aromatic rings. The molecular weight excluding hydrogens is 244 g/mol. The lowest BCUT2D eigenvalue weighted by Gasteiger charge is -2.18. The Morgan fingerprint density at radius 1 is 1.32 bits per heavy atom. The van der Waals surface area contributed by atoms with Gasteiger partial charge in [0.1, 0.15) is 0 Å². The second kappa shape index (κ2) is 6.89. The summed E-state index contributed by atoms with van der Waals surface area (Å²) in [6, 6.07) is 6.25. The van der Waals surface area contributed by atoms with E-state index in [-0.39, 0.29) is 11.5 Å². The van der Waals surface area contributed by atoms with Gasteiger partial charge in [-0.2, -0.15) is 0 Å². The monoisotopic (exact) mass is 264 g/mol. The highest BCUT2D eigenvalue weighted by atomic mass is 16.4. The number of nitrogens with zero attached hydrogens (tertiary/aromatic N) is 1. The normalized spacial score (nSPS) is 11.9. The van der Waals surface area contributed by atoms with Crippen LogP contribution in [0.4, 0.5) is 5.69 Å². The smallest absolute Gasteiger partial charge is 0.335 e. The molecule has 5 nitrogen and oxygen atoms in total. The summed E-state index contributed by atoms with van der Waals surface area (Å²) >= 11 is 0. The minimum absolute atomic E-state index is 0.00313. The zero-order valence-corrected chi connectivity index (χ0v) is 11.3. The van der Waals surface area contributed by atoms with Crippen LogP contribution in [0.2, 0.25) is 0 Å². The molecule has 104 valence electrons. The van der Waals surface area contributed by atoms with Gasteiger partial charge < -0.3 is 15.7 Å². The molecule has 0 bridgehead atoms. The van der Waals surface area contributed by atoms with Gasteiger partial charge in [-0.15, -0.1) is 0 Å². The minimum atomic E-state index is -0.975. The van der Waals surface area contributed by atoms with Gasteiger partial charge in [-0.05, 0) is 43.1 Å². The molecule has 0 aliphatic carbocycles. The summed E-state index contributed by atoms with van der Waals surface area (Å²) in [4.78, 5) is 24.2. The maximum atomic E-state index is 12.0. The Morgan fingerprint density at radius 3 is 2.37 bits per heavy atom. The Morgan fingerprint density at radius 2 is 1.89 bits per heavy atom. The van der Waals surface area contributed by atoms with Gasteiger partial charge in [-0.3, -0.25) is 4.79 Å². The van der Waals surface area contributed by atoms with Crippen molar-refractivity contribution in [2.75, 3.05) is 18.5 Å². The molecular formula is C14H20N2O3. The maximum absolute atomic E-state index is 12.0. The van der Waals surface area contributed by atoms with E-state index in [9.17, 15) is 9.59 Å². The van der Waals surface area contributed by atoms with Gasteiger partial charge in [0.05, 0.1) is 5.56 Å². The number of hydrogen-bond acceptors (Lipinski definition) is 3. The van der Waals surface area contributed by atoms with Gasteiger partial charge in [-0.1, -0.05) is 6.92 Å². The van der Waals surface area contributed by atoms with E-state index in [1.807, 2.05) is 6.92 Å². The van der Waals surface area contributed by atoms with Crippen LogP contribution in [0.25, 0.3) is 0 Å². The van der Waals surface area contributed by atoms with E-state index in [4.69, 9.17) is 10.8 Å². The third kappa shape index (κ3) is 4.37. The standard InChI is InChI=1S/C14H20N2O3/c1-10(9-15)3-8-13(17)16(2)12-6-4-11(5-7-12)14(18)19/h4-7,10H,3,8-9,15H2,1-2H3,(H,18,19). The van der Waals surface area contributed by atoms with E-state index >= 15 is 0 Å². The summed E-state index contributed by atoms with van der Waals surface area (Å²) in [6.45, 7) is 2.58. The fourth-order valence-electron chi connectivity index (χ4n) is 1.63. The molecule has 1 rings (SSSR count). The number of benzene rings is 1. The SMILES string of the molecule is CC(CN)CCC(=O)N(C)c1ccc(C(=O)O)cc1. The van der Waals surface area contributed by atoms with Crippen molar-refractivity contribution in [3.05, 3.63) is 29.8 Å². The number of hydrogen-bond donors (Lipinski definition) is 2. The molecule has 5 heteroatoms. The average molecular weight is 264 g/mol. The summed E-state index contributed by atoms with van der Waals surface area (Å²) in [7, 11) is 1.69. The number of carbonyl (C=O) groups excluding carboxylic acids is 1. The first-order chi connectivity index (χ1) is 8.95. The van der Waals surface area contributed by atoms with Crippen molar-refractivity contribution in [3.63, 3.8) is 0 Å². The van der Waals surface area contributed by atoms with Crippen molar-refractivity contribution in [1.82, 2.24) is 0 Å². The van der Waals surface area contributed by atoms with Gasteiger partial charge in [0, 0.05) is 19.2 Å². The van der Waals surface area contributed by atoms with Crippen LogP contribution in [-0.2, 0) is 4.79 Å². The van der Waals surface area contributed by atoms with Crippen molar-refractivity contribution in [2.45, 2.75) is 19.8 Å². The van der Waals surface area contributed by atoms with E-state index in [0.717, 1.165) is 6.42 Å². The topological polar surface area (TPSA) is 83.6 Å². The Bertz CT molecular complexity index is 443. The fourth-order valence-corrected chi connectivity index (χ4v) is 1.63. The van der Waals surface area contributed by atoms with Crippen molar-refractivity contribution >= 4 is 17.6 Å². The lowest BCUT2D eigenvalue weighted by atomic mass is 10.1. The molecule has 0 heterocycles. The number of anilines is 1. The highest BCUT2D eigenvalue weighted by molar-refractivity contribution is 5.94. The number of carbonyl (C=O) groups is 2. The molecule has 0 aromatic heterocycles. The highest BCUT2D eigenvalue weighted by Crippen LogP contribution is 2.16. The number of carboxylic acids is 1. The van der Waals surface area contributed by atoms with Crippen LogP contribution < -0.4 is 10.6 Å². The van der Waals surface area contributed by atoms with E-state index in [2.05, 4.69) is 0 Å². The minimum Gasteiger partial charge on any atom is -0.478 e. The summed E-state index contributed by atoms with van der Waals surface area (Å²) in [6.07, 6.45) is 1.20. The molecule has 0 aliphatic heterocycles. The Balaban J connectivity index is 2.63. The number of aromatic carboxylic acids is 1. The molecule has 0 fully saturated rings. The lowest BCUT2D eigenvalue weighted by Crippen LogP contribution is -2.27. The summed E-state index contributed by atoms with van der Waals surface area (Å²) in [5, 5.41) is 8.80. The fraction of sp³-hybridized carbons (Fsp3) is 0.429. The second-order valence-electron chi connectivity index (χ2n) is 4.68. The molecule has 0 spiro atoms. The quantitative estimate of drug-likeness (QED) is 0.819. The van der Waals surface area contributed by atoms with E-state index in [1.165, 1.54) is 17.0 Å². The van der Waals surface area contributed by atoms with Crippen molar-refractivity contribution in [1.29, 1.82) is 0 Å². The van der Waals surface area contributed by atoms with E-state index < -0.39 is 5.97 Å². The van der Waals surface area contributed by atoms with Crippen LogP contribution >= 0.6 is 0 Å². The molecule has 0 aliphatic rings. The van der Waals surface area contributed by atoms with Crippen LogP contribution in [0, 0.1) is 5.92 Å². The van der Waals surface area contributed by atoms with Gasteiger partial charge in [0.15, 0.2) is 0 Å². The number of amides is 1. The molecule has 19 heavy (non-hydrogen) atoms. The van der Waals surface area contributed by atoms with Crippen LogP contribution in [0.5, 0.6) is 0 Å². The predicted octanol–water partition coefficient (Wildman–Crippen LogP) is 1.72. The number of carboxylic acid groups (broad SMARTS) is 1. The maximum Gasteiger partial charge on any atom is 0.335 e. The van der Waals surface area contributed by atoms with Crippen molar-refractivity contribution in [3.8, 4) is 0 Å². The third-order valence-corrected chi connectivity index (χ3v) is 3.13. The molecule has 1 unspecified atom stereocenters. The van der Waals surface area contributed by atoms with Crippen LogP contribution in [-0.4, -0.2) is 30.6 Å². The van der Waals surface area contributed by atoms with Crippen LogP contribution in [0.15, 0.2) is 24.3 Å². The van der Waals surface area contributed by atoms with E-state index in [1.54, 1.807) is 19.2 Å². The zero-order chi connectivity index (χ0) is 14.4. The summed E-state index contributed by atoms with van der Waals surface area (Å²) in [5.41, 5.74) is 6.41. The second-order valence-corrected chi connectivity index (χ2v) is 4.68. The summed E-state index contributed by atoms with van der Waals surface area (Å²) in [5.74, 6) is -0.646. The first-order valence-electron chi connectivity index (χ1n) is 6.25. The van der Waals surface area contributed by atoms with Gasteiger partial charge >= 0.3 is 5.97 Å². The first kappa shape index (κ1) is 15.2. The van der Waals surface area contributed by atoms with Crippen LogP contribution in [0.3, 0.4) is 0 Å². The predicted molar refractivity (Wildman–Crippen MR) is 74.3 cm³/mol. The van der Waals surface area contributed by atoms with Crippen molar-refractivity contribution < 1.29 is 14.7 Å². The molecule has 1 amide bonds. The zero-order valence-electron chi connectivity index (χ0n) is 11.3. The molecule has 0 saturated carbocycles. The molecule has 3 N–H and O–H groups in total. The average Bonchev–Trinajstić information content (AvgIpc) is 2.43. The molecule has 1 aromatic carbocycles. The van der Waals surface area contributed by atoms with Crippen molar-refractivity contribution in [2.24, 2.45) is 11.7 Å². The Kier molecular flexibility index (Phi) is 5.51. The van der Waals surface area contributed by atoms with Gasteiger partial charge in [0.2, 0.25) is 5.91 Å². The largest absolute Gasteiger partial charge is 0.478 e. The molecule has 0 radical (unpaired) electrons.